The number of benzene rings is 1. The van der Waals surface area contributed by atoms with Crippen molar-refractivity contribution in [2.24, 2.45) is 5.92 Å². The van der Waals surface area contributed by atoms with Gasteiger partial charge >= 0.3 is 0 Å². The van der Waals surface area contributed by atoms with Crippen molar-refractivity contribution < 1.29 is 4.74 Å². The van der Waals surface area contributed by atoms with Crippen molar-refractivity contribution in [3.63, 3.8) is 0 Å². The molecular weight excluding hydrogens is 224 g/mol. The molecule has 1 atom stereocenters. The summed E-state index contributed by atoms with van der Waals surface area (Å²) < 4.78 is 5.71. The van der Waals surface area contributed by atoms with Gasteiger partial charge in [-0.1, -0.05) is 32.9 Å². The van der Waals surface area contributed by atoms with Crippen LogP contribution in [0.25, 0.3) is 0 Å². The maximum atomic E-state index is 8.58. The zero-order valence-electron chi connectivity index (χ0n) is 11.4. The largest absolute Gasteiger partial charge is 0.493 e. The van der Waals surface area contributed by atoms with Gasteiger partial charge in [0, 0.05) is 18.5 Å². The molecule has 18 heavy (non-hydrogen) atoms. The first kappa shape index (κ1) is 14.5. The average molecular weight is 246 g/mol. The summed E-state index contributed by atoms with van der Waals surface area (Å²) in [6, 6.07) is 10.4. The molecule has 3 nitrogen and oxygen atoms in total. The molecule has 0 bridgehead atoms. The number of nitrogens with one attached hydrogen (secondary N) is 1. The van der Waals surface area contributed by atoms with Gasteiger partial charge in [-0.25, -0.2) is 0 Å². The molecule has 3 heteroatoms. The van der Waals surface area contributed by atoms with Crippen molar-refractivity contribution in [3.8, 4) is 11.8 Å². The molecule has 1 aromatic rings. The molecule has 98 valence electrons. The molecule has 0 amide bonds. The fourth-order valence-electron chi connectivity index (χ4n) is 1.53. The molecule has 0 aliphatic rings. The van der Waals surface area contributed by atoms with E-state index in [1.165, 1.54) is 0 Å². The SMILES string of the molecule is CC(CNC(C)C)COc1ccc(CC#N)cc1. The van der Waals surface area contributed by atoms with Crippen molar-refractivity contribution in [2.45, 2.75) is 33.2 Å². The zero-order chi connectivity index (χ0) is 13.4. The minimum absolute atomic E-state index is 0.453. The second-order valence-electron chi connectivity index (χ2n) is 4.96. The quantitative estimate of drug-likeness (QED) is 0.804. The first-order chi connectivity index (χ1) is 8.61. The Morgan fingerprint density at radius 1 is 1.22 bits per heavy atom. The van der Waals surface area contributed by atoms with E-state index in [4.69, 9.17) is 10.00 Å². The molecule has 0 saturated heterocycles. The Bertz CT molecular complexity index is 378. The summed E-state index contributed by atoms with van der Waals surface area (Å²) in [6.45, 7) is 8.12. The third-order valence-electron chi connectivity index (χ3n) is 2.62. The Morgan fingerprint density at radius 2 is 1.89 bits per heavy atom. The Labute approximate surface area is 110 Å². The lowest BCUT2D eigenvalue weighted by Gasteiger charge is -2.15. The Morgan fingerprint density at radius 3 is 2.44 bits per heavy atom. The fraction of sp³-hybridized carbons (Fsp3) is 0.533. The molecule has 0 aromatic heterocycles. The van der Waals surface area contributed by atoms with Crippen LogP contribution in [0.5, 0.6) is 5.75 Å². The van der Waals surface area contributed by atoms with Gasteiger partial charge in [0.2, 0.25) is 0 Å². The van der Waals surface area contributed by atoms with Gasteiger partial charge < -0.3 is 10.1 Å². The summed E-state index contributed by atoms with van der Waals surface area (Å²) in [5.41, 5.74) is 1.03. The predicted octanol–water partition coefficient (Wildman–Crippen LogP) is 2.77. The van der Waals surface area contributed by atoms with Crippen molar-refractivity contribution in [2.75, 3.05) is 13.2 Å². The highest BCUT2D eigenvalue weighted by Crippen LogP contribution is 2.13. The third-order valence-corrected chi connectivity index (χ3v) is 2.62. The maximum absolute atomic E-state index is 8.58. The van der Waals surface area contributed by atoms with Crippen LogP contribution < -0.4 is 10.1 Å². The summed E-state index contributed by atoms with van der Waals surface area (Å²) in [6.07, 6.45) is 0.453. The van der Waals surface area contributed by atoms with Gasteiger partial charge in [-0.15, -0.1) is 0 Å². The van der Waals surface area contributed by atoms with Gasteiger partial charge in [0.1, 0.15) is 5.75 Å². The topological polar surface area (TPSA) is 45.0 Å². The van der Waals surface area contributed by atoms with Crippen LogP contribution in [0.15, 0.2) is 24.3 Å². The summed E-state index contributed by atoms with van der Waals surface area (Å²) in [7, 11) is 0. The van der Waals surface area contributed by atoms with Gasteiger partial charge in [-0.05, 0) is 17.7 Å². The number of hydrogen-bond donors (Lipinski definition) is 1. The molecule has 0 aliphatic carbocycles. The standard InChI is InChI=1S/C15H22N2O/c1-12(2)17-10-13(3)11-18-15-6-4-14(5-7-15)8-9-16/h4-7,12-13,17H,8,10-11H2,1-3H3. The van der Waals surface area contributed by atoms with E-state index < -0.39 is 0 Å². The molecule has 0 radical (unpaired) electrons. The van der Waals surface area contributed by atoms with Crippen LogP contribution in [-0.4, -0.2) is 19.2 Å². The van der Waals surface area contributed by atoms with E-state index in [9.17, 15) is 0 Å². The van der Waals surface area contributed by atoms with Gasteiger partial charge in [-0.3, -0.25) is 0 Å². The predicted molar refractivity (Wildman–Crippen MR) is 73.6 cm³/mol. The van der Waals surface area contributed by atoms with Gasteiger partial charge in [0.05, 0.1) is 19.1 Å². The minimum Gasteiger partial charge on any atom is -0.493 e. The summed E-state index contributed by atoms with van der Waals surface area (Å²) >= 11 is 0. The number of nitriles is 1. The zero-order valence-corrected chi connectivity index (χ0v) is 11.4. The molecule has 0 saturated carbocycles. The van der Waals surface area contributed by atoms with E-state index >= 15 is 0 Å². The lowest BCUT2D eigenvalue weighted by atomic mass is 10.1. The summed E-state index contributed by atoms with van der Waals surface area (Å²) in [4.78, 5) is 0. The molecule has 0 aliphatic heterocycles. The van der Waals surface area contributed by atoms with E-state index in [1.807, 2.05) is 24.3 Å². The van der Waals surface area contributed by atoms with E-state index in [0.29, 0.717) is 25.0 Å². The number of ether oxygens (including phenoxy) is 1. The lowest BCUT2D eigenvalue weighted by Crippen LogP contribution is -2.30. The number of hydrogen-bond acceptors (Lipinski definition) is 3. The van der Waals surface area contributed by atoms with Crippen LogP contribution in [0.2, 0.25) is 0 Å². The van der Waals surface area contributed by atoms with E-state index in [2.05, 4.69) is 32.2 Å². The number of rotatable bonds is 7. The van der Waals surface area contributed by atoms with Gasteiger partial charge in [-0.2, -0.15) is 5.26 Å². The Kier molecular flexibility index (Phi) is 6.24. The molecule has 1 aromatic carbocycles. The Hall–Kier alpha value is -1.53. The highest BCUT2D eigenvalue weighted by Gasteiger charge is 2.04. The third kappa shape index (κ3) is 5.70. The minimum atomic E-state index is 0.453. The Balaban J connectivity index is 2.32. The van der Waals surface area contributed by atoms with Crippen LogP contribution >= 0.6 is 0 Å². The highest BCUT2D eigenvalue weighted by atomic mass is 16.5. The van der Waals surface area contributed by atoms with Crippen LogP contribution in [0.3, 0.4) is 0 Å². The smallest absolute Gasteiger partial charge is 0.119 e. The second-order valence-corrected chi connectivity index (χ2v) is 4.96. The number of nitrogens with zero attached hydrogens (tertiary/aromatic N) is 1. The lowest BCUT2D eigenvalue weighted by molar-refractivity contribution is 0.253. The molecular formula is C15H22N2O. The van der Waals surface area contributed by atoms with Crippen molar-refractivity contribution >= 4 is 0 Å². The average Bonchev–Trinajstić information content (AvgIpc) is 2.36. The normalized spacial score (nSPS) is 12.2. The summed E-state index contributed by atoms with van der Waals surface area (Å²) in [5, 5.41) is 12.0. The molecule has 1 N–H and O–H groups in total. The van der Waals surface area contributed by atoms with Gasteiger partial charge in [0.15, 0.2) is 0 Å². The van der Waals surface area contributed by atoms with Crippen molar-refractivity contribution in [1.29, 1.82) is 5.26 Å². The first-order valence-corrected chi connectivity index (χ1v) is 6.44. The van der Waals surface area contributed by atoms with E-state index in [0.717, 1.165) is 17.9 Å². The van der Waals surface area contributed by atoms with Crippen molar-refractivity contribution in [3.05, 3.63) is 29.8 Å². The molecule has 1 unspecified atom stereocenters. The van der Waals surface area contributed by atoms with E-state index in [1.54, 1.807) is 0 Å². The van der Waals surface area contributed by atoms with Crippen LogP contribution in [0.4, 0.5) is 0 Å². The van der Waals surface area contributed by atoms with E-state index in [-0.39, 0.29) is 0 Å². The second kappa shape index (κ2) is 7.73. The monoisotopic (exact) mass is 246 g/mol. The molecule has 1 rings (SSSR count). The molecule has 0 heterocycles. The van der Waals surface area contributed by atoms with Crippen LogP contribution in [0.1, 0.15) is 26.3 Å². The molecule has 0 spiro atoms. The van der Waals surface area contributed by atoms with Crippen LogP contribution in [0, 0.1) is 17.2 Å². The first-order valence-electron chi connectivity index (χ1n) is 6.44. The van der Waals surface area contributed by atoms with Crippen molar-refractivity contribution in [1.82, 2.24) is 5.32 Å². The fourth-order valence-corrected chi connectivity index (χ4v) is 1.53. The van der Waals surface area contributed by atoms with Crippen LogP contribution in [-0.2, 0) is 6.42 Å². The van der Waals surface area contributed by atoms with Gasteiger partial charge in [0.25, 0.3) is 0 Å². The highest BCUT2D eigenvalue weighted by molar-refractivity contribution is 5.28. The summed E-state index contributed by atoms with van der Waals surface area (Å²) in [5.74, 6) is 1.35. The molecule has 0 fully saturated rings. The maximum Gasteiger partial charge on any atom is 0.119 e.